The van der Waals surface area contributed by atoms with Crippen molar-refractivity contribution in [3.05, 3.63) is 34.1 Å². The molecule has 5 heteroatoms. The third-order valence-corrected chi connectivity index (χ3v) is 4.52. The van der Waals surface area contributed by atoms with Crippen LogP contribution in [-0.2, 0) is 13.0 Å². The molecule has 3 rings (SSSR count). The number of benzene rings is 1. The Bertz CT molecular complexity index is 503. The Labute approximate surface area is 123 Å². The van der Waals surface area contributed by atoms with Crippen LogP contribution in [-0.4, -0.2) is 41.8 Å². The zero-order chi connectivity index (χ0) is 14.2. The number of β-amino-alcohol motifs (C(OH)–C–C–N with tert-alkyl or cyclic N) is 1. The minimum atomic E-state index is -0.682. The second-order valence-electron chi connectivity index (χ2n) is 5.99. The third-order valence-electron chi connectivity index (χ3n) is 4.30. The van der Waals surface area contributed by atoms with Crippen molar-refractivity contribution in [2.75, 3.05) is 26.2 Å². The maximum Gasteiger partial charge on any atom is 0.129 e. The van der Waals surface area contributed by atoms with E-state index in [9.17, 15) is 9.50 Å². The van der Waals surface area contributed by atoms with Crippen molar-refractivity contribution in [3.63, 3.8) is 0 Å². The fourth-order valence-electron chi connectivity index (χ4n) is 3.28. The van der Waals surface area contributed by atoms with Crippen LogP contribution >= 0.6 is 11.6 Å². The van der Waals surface area contributed by atoms with E-state index >= 15 is 0 Å². The van der Waals surface area contributed by atoms with Crippen LogP contribution in [0, 0.1) is 5.82 Å². The third kappa shape index (κ3) is 2.98. The molecule has 3 nitrogen and oxygen atoms in total. The summed E-state index contributed by atoms with van der Waals surface area (Å²) in [5.41, 5.74) is 1.05. The van der Waals surface area contributed by atoms with Crippen LogP contribution in [0.4, 0.5) is 4.39 Å². The number of halogens is 2. The first kappa shape index (κ1) is 14.3. The molecule has 20 heavy (non-hydrogen) atoms. The van der Waals surface area contributed by atoms with Gasteiger partial charge in [0, 0.05) is 36.8 Å². The van der Waals surface area contributed by atoms with E-state index in [0.29, 0.717) is 24.7 Å². The molecule has 0 radical (unpaired) electrons. The second kappa shape index (κ2) is 5.60. The minimum absolute atomic E-state index is 0.231. The van der Waals surface area contributed by atoms with Crippen LogP contribution in [0.3, 0.4) is 0 Å². The van der Waals surface area contributed by atoms with Gasteiger partial charge in [0.25, 0.3) is 0 Å². The van der Waals surface area contributed by atoms with Gasteiger partial charge >= 0.3 is 0 Å². The lowest BCUT2D eigenvalue weighted by Gasteiger charge is -2.39. The Morgan fingerprint density at radius 3 is 3.05 bits per heavy atom. The van der Waals surface area contributed by atoms with Gasteiger partial charge in [0.1, 0.15) is 5.82 Å². The predicted molar refractivity (Wildman–Crippen MR) is 77.4 cm³/mol. The smallest absolute Gasteiger partial charge is 0.129 e. The summed E-state index contributed by atoms with van der Waals surface area (Å²) >= 11 is 5.89. The molecule has 0 bridgehead atoms. The lowest BCUT2D eigenvalue weighted by Crippen LogP contribution is -2.53. The normalized spacial score (nSPS) is 27.4. The zero-order valence-corrected chi connectivity index (χ0v) is 12.2. The summed E-state index contributed by atoms with van der Waals surface area (Å²) < 4.78 is 14.0. The van der Waals surface area contributed by atoms with Gasteiger partial charge in [-0.05, 0) is 43.5 Å². The Balaban J connectivity index is 1.72. The van der Waals surface area contributed by atoms with Crippen molar-refractivity contribution < 1.29 is 9.50 Å². The van der Waals surface area contributed by atoms with E-state index in [1.807, 2.05) is 6.07 Å². The highest BCUT2D eigenvalue weighted by Crippen LogP contribution is 2.27. The van der Waals surface area contributed by atoms with Crippen molar-refractivity contribution in [1.82, 2.24) is 10.2 Å². The molecule has 1 aromatic carbocycles. The monoisotopic (exact) mass is 298 g/mol. The predicted octanol–water partition coefficient (Wildman–Crippen LogP) is 1.95. The number of rotatable bonds is 2. The van der Waals surface area contributed by atoms with E-state index in [2.05, 4.69) is 10.2 Å². The van der Waals surface area contributed by atoms with E-state index in [-0.39, 0.29) is 5.82 Å². The van der Waals surface area contributed by atoms with Crippen LogP contribution in [0.5, 0.6) is 0 Å². The molecule has 2 aliphatic rings. The molecule has 0 aromatic heterocycles. The molecule has 2 N–H and O–H groups in total. The van der Waals surface area contributed by atoms with Gasteiger partial charge in [-0.1, -0.05) is 11.6 Å². The highest BCUT2D eigenvalue weighted by atomic mass is 35.5. The van der Waals surface area contributed by atoms with Gasteiger partial charge in [0.2, 0.25) is 0 Å². The summed E-state index contributed by atoms with van der Waals surface area (Å²) in [6.07, 6.45) is 2.59. The highest BCUT2D eigenvalue weighted by Gasteiger charge is 2.32. The molecule has 1 fully saturated rings. The molecular weight excluding hydrogens is 279 g/mol. The van der Waals surface area contributed by atoms with Crippen LogP contribution in [0.25, 0.3) is 0 Å². The summed E-state index contributed by atoms with van der Waals surface area (Å²) in [4.78, 5) is 2.15. The average Bonchev–Trinajstić information content (AvgIpc) is 2.40. The molecule has 0 saturated carbocycles. The van der Waals surface area contributed by atoms with Crippen molar-refractivity contribution in [2.45, 2.75) is 31.4 Å². The Morgan fingerprint density at radius 1 is 1.45 bits per heavy atom. The zero-order valence-electron chi connectivity index (χ0n) is 11.5. The van der Waals surface area contributed by atoms with Gasteiger partial charge in [0.05, 0.1) is 5.60 Å². The summed E-state index contributed by atoms with van der Waals surface area (Å²) in [6.45, 7) is 3.59. The molecule has 1 saturated heterocycles. The fourth-order valence-corrected chi connectivity index (χ4v) is 3.50. The number of aliphatic hydroxyl groups is 1. The average molecular weight is 299 g/mol. The van der Waals surface area contributed by atoms with Crippen molar-refractivity contribution >= 4 is 11.6 Å². The van der Waals surface area contributed by atoms with E-state index in [1.54, 1.807) is 0 Å². The van der Waals surface area contributed by atoms with Crippen molar-refractivity contribution in [3.8, 4) is 0 Å². The number of piperidine rings is 1. The number of nitrogens with zero attached hydrogens (tertiary/aromatic N) is 1. The van der Waals surface area contributed by atoms with Gasteiger partial charge in [-0.15, -0.1) is 0 Å². The lowest BCUT2D eigenvalue weighted by atomic mass is 9.91. The van der Waals surface area contributed by atoms with Gasteiger partial charge in [-0.3, -0.25) is 4.90 Å². The van der Waals surface area contributed by atoms with Crippen LogP contribution in [0.1, 0.15) is 24.0 Å². The number of nitrogens with one attached hydrogen (secondary N) is 1. The largest absolute Gasteiger partial charge is 0.387 e. The second-order valence-corrected chi connectivity index (χ2v) is 6.43. The van der Waals surface area contributed by atoms with Gasteiger partial charge in [-0.2, -0.15) is 0 Å². The Morgan fingerprint density at radius 2 is 2.30 bits per heavy atom. The quantitative estimate of drug-likeness (QED) is 0.876. The van der Waals surface area contributed by atoms with E-state index in [0.717, 1.165) is 43.5 Å². The van der Waals surface area contributed by atoms with Crippen LogP contribution < -0.4 is 5.32 Å². The lowest BCUT2D eigenvalue weighted by molar-refractivity contribution is -0.0187. The highest BCUT2D eigenvalue weighted by molar-refractivity contribution is 6.30. The number of fused-ring (bicyclic) bond motifs is 1. The van der Waals surface area contributed by atoms with Crippen LogP contribution in [0.2, 0.25) is 5.02 Å². The maximum absolute atomic E-state index is 14.0. The summed E-state index contributed by atoms with van der Waals surface area (Å²) in [7, 11) is 0. The van der Waals surface area contributed by atoms with Gasteiger partial charge in [-0.25, -0.2) is 4.39 Å². The summed E-state index contributed by atoms with van der Waals surface area (Å²) in [5, 5.41) is 14.3. The topological polar surface area (TPSA) is 35.5 Å². The first-order valence-electron chi connectivity index (χ1n) is 7.18. The summed E-state index contributed by atoms with van der Waals surface area (Å²) in [6, 6.07) is 3.23. The number of hydrogen-bond acceptors (Lipinski definition) is 3. The molecule has 0 amide bonds. The van der Waals surface area contributed by atoms with E-state index < -0.39 is 5.60 Å². The minimum Gasteiger partial charge on any atom is -0.387 e. The molecule has 110 valence electrons. The fraction of sp³-hybridized carbons (Fsp3) is 0.600. The first-order valence-corrected chi connectivity index (χ1v) is 7.56. The first-order chi connectivity index (χ1) is 9.56. The number of hydrogen-bond donors (Lipinski definition) is 2. The van der Waals surface area contributed by atoms with Crippen molar-refractivity contribution in [1.29, 1.82) is 0 Å². The van der Waals surface area contributed by atoms with E-state index in [1.165, 1.54) is 6.07 Å². The standard InChI is InChI=1S/C15H20ClFN2O/c16-12-6-11-2-5-19(8-13(11)14(17)7-12)10-15(20)3-1-4-18-9-15/h6-7,18,20H,1-5,8-10H2. The van der Waals surface area contributed by atoms with Gasteiger partial charge < -0.3 is 10.4 Å². The van der Waals surface area contributed by atoms with Crippen LogP contribution in [0.15, 0.2) is 12.1 Å². The Kier molecular flexibility index (Phi) is 4.00. The van der Waals surface area contributed by atoms with Gasteiger partial charge in [0.15, 0.2) is 0 Å². The Hall–Kier alpha value is -0.680. The molecule has 2 heterocycles. The molecule has 1 aromatic rings. The molecule has 2 aliphatic heterocycles. The molecule has 0 aliphatic carbocycles. The maximum atomic E-state index is 14.0. The molecular formula is C15H20ClFN2O. The SMILES string of the molecule is OC1(CN2CCc3cc(Cl)cc(F)c3C2)CCCNC1. The summed E-state index contributed by atoms with van der Waals surface area (Å²) in [5.74, 6) is -0.231. The van der Waals surface area contributed by atoms with Crippen molar-refractivity contribution in [2.24, 2.45) is 0 Å². The molecule has 0 spiro atoms. The van der Waals surface area contributed by atoms with E-state index in [4.69, 9.17) is 11.6 Å². The molecule has 1 unspecified atom stereocenters. The molecule has 1 atom stereocenters.